The van der Waals surface area contributed by atoms with Gasteiger partial charge in [0, 0.05) is 12.5 Å². The lowest BCUT2D eigenvalue weighted by molar-refractivity contribution is -0.123. The van der Waals surface area contributed by atoms with E-state index in [1.165, 1.54) is 0 Å². The van der Waals surface area contributed by atoms with Crippen LogP contribution in [0.2, 0.25) is 0 Å². The second-order valence-electron chi connectivity index (χ2n) is 4.20. The van der Waals surface area contributed by atoms with Crippen LogP contribution in [0.5, 0.6) is 0 Å². The van der Waals surface area contributed by atoms with Gasteiger partial charge in [0.25, 0.3) is 0 Å². The van der Waals surface area contributed by atoms with Crippen LogP contribution in [-0.4, -0.2) is 18.0 Å². The summed E-state index contributed by atoms with van der Waals surface area (Å²) in [5, 5.41) is 6.02. The molecule has 0 aromatic carbocycles. The highest BCUT2D eigenvalue weighted by atomic mass is 16.3. The van der Waals surface area contributed by atoms with Gasteiger partial charge in [-0.15, -0.1) is 12.3 Å². The van der Waals surface area contributed by atoms with Gasteiger partial charge in [-0.3, -0.25) is 4.79 Å². The van der Waals surface area contributed by atoms with E-state index in [9.17, 15) is 4.79 Å². The van der Waals surface area contributed by atoms with Gasteiger partial charge in [0.15, 0.2) is 0 Å². The monoisotopic (exact) mass is 248 g/mol. The Morgan fingerprint density at radius 3 is 2.94 bits per heavy atom. The first-order valence-corrected chi connectivity index (χ1v) is 6.17. The number of hydrogen-bond donors (Lipinski definition) is 2. The Bertz CT molecular complexity index is 392. The quantitative estimate of drug-likeness (QED) is 0.722. The van der Waals surface area contributed by atoms with Crippen molar-refractivity contribution in [3.05, 3.63) is 24.2 Å². The van der Waals surface area contributed by atoms with Gasteiger partial charge in [-0.25, -0.2) is 0 Å². The number of carbonyl (C=O) groups is 1. The summed E-state index contributed by atoms with van der Waals surface area (Å²) < 4.78 is 5.14. The highest BCUT2D eigenvalue weighted by molar-refractivity contribution is 5.81. The zero-order chi connectivity index (χ0) is 13.4. The van der Waals surface area contributed by atoms with Crippen molar-refractivity contribution >= 4 is 5.91 Å². The van der Waals surface area contributed by atoms with E-state index in [1.807, 2.05) is 19.9 Å². The van der Waals surface area contributed by atoms with Crippen LogP contribution in [0.25, 0.3) is 0 Å². The molecule has 0 radical (unpaired) electrons. The van der Waals surface area contributed by atoms with Gasteiger partial charge in [0.2, 0.25) is 5.91 Å². The van der Waals surface area contributed by atoms with Crippen molar-refractivity contribution in [3.63, 3.8) is 0 Å². The fourth-order valence-corrected chi connectivity index (χ4v) is 1.63. The zero-order valence-corrected chi connectivity index (χ0v) is 10.9. The molecule has 2 N–H and O–H groups in total. The largest absolute Gasteiger partial charge is 0.467 e. The standard InChI is InChI=1S/C14H20N2O2/c1-4-7-12(5-2)16-11(3)14(17)15-10-13-8-6-9-18-13/h1,6,8-9,11-12,16H,5,7,10H2,2-3H3,(H,15,17). The summed E-state index contributed by atoms with van der Waals surface area (Å²) in [4.78, 5) is 11.8. The molecule has 0 aliphatic rings. The van der Waals surface area contributed by atoms with Crippen LogP contribution >= 0.6 is 0 Å². The van der Waals surface area contributed by atoms with Crippen LogP contribution in [0, 0.1) is 12.3 Å². The van der Waals surface area contributed by atoms with Crippen LogP contribution in [0.3, 0.4) is 0 Å². The molecule has 0 fully saturated rings. The highest BCUT2D eigenvalue weighted by Crippen LogP contribution is 2.01. The number of terminal acetylenes is 1. The molecule has 1 aromatic rings. The Balaban J connectivity index is 2.34. The van der Waals surface area contributed by atoms with E-state index in [2.05, 4.69) is 16.6 Å². The summed E-state index contributed by atoms with van der Waals surface area (Å²) in [6.07, 6.45) is 8.40. The summed E-state index contributed by atoms with van der Waals surface area (Å²) >= 11 is 0. The summed E-state index contributed by atoms with van der Waals surface area (Å²) in [6, 6.07) is 3.53. The number of rotatable bonds is 7. The van der Waals surface area contributed by atoms with E-state index >= 15 is 0 Å². The lowest BCUT2D eigenvalue weighted by atomic mass is 10.1. The van der Waals surface area contributed by atoms with Crippen LogP contribution in [0.15, 0.2) is 22.8 Å². The van der Waals surface area contributed by atoms with Crippen molar-refractivity contribution in [1.29, 1.82) is 0 Å². The maximum absolute atomic E-state index is 11.8. The Morgan fingerprint density at radius 1 is 1.61 bits per heavy atom. The molecule has 0 saturated heterocycles. The molecule has 1 amide bonds. The van der Waals surface area contributed by atoms with Gasteiger partial charge in [-0.05, 0) is 25.5 Å². The lowest BCUT2D eigenvalue weighted by Crippen LogP contribution is -2.46. The number of amides is 1. The SMILES string of the molecule is C#CCC(CC)NC(C)C(=O)NCc1ccco1. The fraction of sp³-hybridized carbons (Fsp3) is 0.500. The zero-order valence-electron chi connectivity index (χ0n) is 10.9. The van der Waals surface area contributed by atoms with Gasteiger partial charge in [0.05, 0.1) is 18.8 Å². The molecule has 1 rings (SSSR count). The Morgan fingerprint density at radius 2 is 2.39 bits per heavy atom. The third kappa shape index (κ3) is 4.64. The minimum Gasteiger partial charge on any atom is -0.467 e. The van der Waals surface area contributed by atoms with Gasteiger partial charge < -0.3 is 15.1 Å². The van der Waals surface area contributed by atoms with Gasteiger partial charge in [0.1, 0.15) is 5.76 Å². The predicted molar refractivity (Wildman–Crippen MR) is 70.7 cm³/mol. The molecule has 0 bridgehead atoms. The molecule has 0 saturated carbocycles. The second-order valence-corrected chi connectivity index (χ2v) is 4.20. The number of carbonyl (C=O) groups excluding carboxylic acids is 1. The predicted octanol–water partition coefficient (Wildman–Crippen LogP) is 1.68. The van der Waals surface area contributed by atoms with Gasteiger partial charge >= 0.3 is 0 Å². The van der Waals surface area contributed by atoms with E-state index in [1.54, 1.807) is 12.3 Å². The first-order valence-electron chi connectivity index (χ1n) is 6.17. The van der Waals surface area contributed by atoms with Gasteiger partial charge in [-0.2, -0.15) is 0 Å². The smallest absolute Gasteiger partial charge is 0.237 e. The van der Waals surface area contributed by atoms with Crippen LogP contribution in [0.4, 0.5) is 0 Å². The topological polar surface area (TPSA) is 54.3 Å². The second kappa shape index (κ2) is 7.57. The molecule has 4 nitrogen and oxygen atoms in total. The summed E-state index contributed by atoms with van der Waals surface area (Å²) in [5.74, 6) is 3.30. The molecule has 0 spiro atoms. The number of hydrogen-bond acceptors (Lipinski definition) is 3. The van der Waals surface area contributed by atoms with E-state index in [0.717, 1.165) is 12.2 Å². The molecule has 18 heavy (non-hydrogen) atoms. The molecule has 4 heteroatoms. The molecule has 98 valence electrons. The van der Waals surface area contributed by atoms with Crippen LogP contribution in [0.1, 0.15) is 32.4 Å². The molecule has 2 unspecified atom stereocenters. The van der Waals surface area contributed by atoms with Crippen molar-refractivity contribution in [1.82, 2.24) is 10.6 Å². The summed E-state index contributed by atoms with van der Waals surface area (Å²) in [5.41, 5.74) is 0. The number of furan rings is 1. The van der Waals surface area contributed by atoms with Crippen molar-refractivity contribution in [3.8, 4) is 12.3 Å². The maximum atomic E-state index is 11.8. The fourth-order valence-electron chi connectivity index (χ4n) is 1.63. The first-order chi connectivity index (χ1) is 8.67. The molecule has 1 heterocycles. The maximum Gasteiger partial charge on any atom is 0.237 e. The van der Waals surface area contributed by atoms with Crippen LogP contribution < -0.4 is 10.6 Å². The van der Waals surface area contributed by atoms with Crippen LogP contribution in [-0.2, 0) is 11.3 Å². The highest BCUT2D eigenvalue weighted by Gasteiger charge is 2.16. The third-order valence-electron chi connectivity index (χ3n) is 2.75. The Labute approximate surface area is 108 Å². The molecule has 1 aromatic heterocycles. The molecular weight excluding hydrogens is 228 g/mol. The molecule has 0 aliphatic carbocycles. The molecule has 2 atom stereocenters. The molecule has 0 aliphatic heterocycles. The van der Waals surface area contributed by atoms with Gasteiger partial charge in [-0.1, -0.05) is 6.92 Å². The number of nitrogens with one attached hydrogen (secondary N) is 2. The summed E-state index contributed by atoms with van der Waals surface area (Å²) in [7, 11) is 0. The van der Waals surface area contributed by atoms with Crippen molar-refractivity contribution < 1.29 is 9.21 Å². The van der Waals surface area contributed by atoms with Crippen molar-refractivity contribution in [2.24, 2.45) is 0 Å². The van der Waals surface area contributed by atoms with E-state index < -0.39 is 0 Å². The van der Waals surface area contributed by atoms with E-state index in [-0.39, 0.29) is 18.0 Å². The lowest BCUT2D eigenvalue weighted by Gasteiger charge is -2.19. The average molecular weight is 248 g/mol. The van der Waals surface area contributed by atoms with Crippen molar-refractivity contribution in [2.45, 2.75) is 45.3 Å². The molecular formula is C14H20N2O2. The third-order valence-corrected chi connectivity index (χ3v) is 2.75. The normalized spacial score (nSPS) is 13.6. The van der Waals surface area contributed by atoms with Crippen molar-refractivity contribution in [2.75, 3.05) is 0 Å². The Kier molecular flexibility index (Phi) is 6.03. The minimum absolute atomic E-state index is 0.0538. The van der Waals surface area contributed by atoms with E-state index in [0.29, 0.717) is 13.0 Å². The summed E-state index contributed by atoms with van der Waals surface area (Å²) in [6.45, 7) is 4.28. The average Bonchev–Trinajstić information content (AvgIpc) is 2.88. The first kappa shape index (κ1) is 14.3. The Hall–Kier alpha value is -1.73. The minimum atomic E-state index is -0.265. The van der Waals surface area contributed by atoms with E-state index in [4.69, 9.17) is 10.8 Å².